The zero-order valence-corrected chi connectivity index (χ0v) is 11.6. The Morgan fingerprint density at radius 3 is 2.70 bits per heavy atom. The summed E-state index contributed by atoms with van der Waals surface area (Å²) in [6.07, 6.45) is 1.86. The van der Waals surface area contributed by atoms with Crippen molar-refractivity contribution in [2.75, 3.05) is 16.9 Å². The number of nitro groups is 1. The summed E-state index contributed by atoms with van der Waals surface area (Å²) in [7, 11) is 0. The van der Waals surface area contributed by atoms with Crippen LogP contribution < -0.4 is 16.6 Å². The van der Waals surface area contributed by atoms with Gasteiger partial charge in [0.1, 0.15) is 5.69 Å². The van der Waals surface area contributed by atoms with Gasteiger partial charge in [0.15, 0.2) is 0 Å². The summed E-state index contributed by atoms with van der Waals surface area (Å²) in [5.74, 6) is 6.98. The Kier molecular flexibility index (Phi) is 4.80. The van der Waals surface area contributed by atoms with Gasteiger partial charge in [-0.1, -0.05) is 0 Å². The van der Waals surface area contributed by atoms with Crippen LogP contribution in [0.4, 0.5) is 11.4 Å². The summed E-state index contributed by atoms with van der Waals surface area (Å²) >= 11 is 1.87. The van der Waals surface area contributed by atoms with E-state index < -0.39 is 4.92 Å². The molecule has 8 heteroatoms. The van der Waals surface area contributed by atoms with Gasteiger partial charge in [-0.05, 0) is 36.5 Å². The molecule has 1 saturated heterocycles. The maximum atomic E-state index is 12.1. The standard InChI is InChI=1S/C12H16N4O3S/c13-15-10-2-1-8(7-11(10)16(18)19)12(17)14-9-3-5-20-6-4-9/h1-2,7,9,15H,3-6,13H2,(H,14,17). The quantitative estimate of drug-likeness (QED) is 0.441. The number of rotatable bonds is 4. The van der Waals surface area contributed by atoms with Crippen LogP contribution in [0.3, 0.4) is 0 Å². The minimum atomic E-state index is -0.566. The first-order chi connectivity index (χ1) is 9.61. The molecule has 1 amide bonds. The predicted octanol–water partition coefficient (Wildman–Crippen LogP) is 1.51. The normalized spacial score (nSPS) is 15.7. The largest absolute Gasteiger partial charge is 0.349 e. The van der Waals surface area contributed by atoms with Crippen LogP contribution in [0.25, 0.3) is 0 Å². The monoisotopic (exact) mass is 296 g/mol. The van der Waals surface area contributed by atoms with E-state index in [-0.39, 0.29) is 28.9 Å². The van der Waals surface area contributed by atoms with Crippen molar-refractivity contribution in [3.05, 3.63) is 33.9 Å². The van der Waals surface area contributed by atoms with Gasteiger partial charge in [-0.3, -0.25) is 20.8 Å². The fourth-order valence-corrected chi connectivity index (χ4v) is 3.16. The number of nitrogens with zero attached hydrogens (tertiary/aromatic N) is 1. The van der Waals surface area contributed by atoms with Crippen molar-refractivity contribution in [2.24, 2.45) is 5.84 Å². The summed E-state index contributed by atoms with van der Waals surface area (Å²) in [6, 6.07) is 4.34. The molecule has 1 aromatic carbocycles. The number of thioether (sulfide) groups is 1. The zero-order valence-electron chi connectivity index (χ0n) is 10.8. The number of nitro benzene ring substituents is 1. The second kappa shape index (κ2) is 6.58. The molecular formula is C12H16N4O3S. The molecule has 1 aromatic rings. The number of amides is 1. The van der Waals surface area contributed by atoms with Crippen LogP contribution in [0.1, 0.15) is 23.2 Å². The summed E-state index contributed by atoms with van der Waals surface area (Å²) in [6.45, 7) is 0. The molecule has 20 heavy (non-hydrogen) atoms. The van der Waals surface area contributed by atoms with Crippen molar-refractivity contribution in [3.63, 3.8) is 0 Å². The lowest BCUT2D eigenvalue weighted by Gasteiger charge is -2.22. The van der Waals surface area contributed by atoms with Gasteiger partial charge in [0, 0.05) is 17.7 Å². The number of nitrogen functional groups attached to an aromatic ring is 1. The van der Waals surface area contributed by atoms with Gasteiger partial charge in [0.25, 0.3) is 11.6 Å². The molecule has 1 fully saturated rings. The number of anilines is 1. The van der Waals surface area contributed by atoms with Gasteiger partial charge >= 0.3 is 0 Å². The highest BCUT2D eigenvalue weighted by molar-refractivity contribution is 7.99. The van der Waals surface area contributed by atoms with Crippen molar-refractivity contribution in [1.82, 2.24) is 5.32 Å². The molecule has 1 aliphatic heterocycles. The van der Waals surface area contributed by atoms with E-state index in [1.807, 2.05) is 11.8 Å². The summed E-state index contributed by atoms with van der Waals surface area (Å²) in [5.41, 5.74) is 2.49. The number of benzene rings is 1. The van der Waals surface area contributed by atoms with Crippen LogP contribution in [0.5, 0.6) is 0 Å². The molecule has 7 nitrogen and oxygen atoms in total. The van der Waals surface area contributed by atoms with E-state index in [2.05, 4.69) is 10.7 Å². The van der Waals surface area contributed by atoms with E-state index in [0.717, 1.165) is 24.3 Å². The van der Waals surface area contributed by atoms with Gasteiger partial charge < -0.3 is 10.7 Å². The predicted molar refractivity (Wildman–Crippen MR) is 78.7 cm³/mol. The van der Waals surface area contributed by atoms with Crippen LogP contribution in [0, 0.1) is 10.1 Å². The Balaban J connectivity index is 2.13. The third-order valence-electron chi connectivity index (χ3n) is 3.17. The highest BCUT2D eigenvalue weighted by Crippen LogP contribution is 2.25. The topological polar surface area (TPSA) is 110 Å². The van der Waals surface area contributed by atoms with Gasteiger partial charge in [-0.25, -0.2) is 0 Å². The van der Waals surface area contributed by atoms with Crippen LogP contribution >= 0.6 is 11.8 Å². The molecule has 0 atom stereocenters. The second-order valence-electron chi connectivity index (χ2n) is 4.49. The fraction of sp³-hybridized carbons (Fsp3) is 0.417. The van der Waals surface area contributed by atoms with Crippen molar-refractivity contribution in [2.45, 2.75) is 18.9 Å². The number of hydrazine groups is 1. The molecule has 1 heterocycles. The number of hydrogen-bond donors (Lipinski definition) is 3. The second-order valence-corrected chi connectivity index (χ2v) is 5.72. The van der Waals surface area contributed by atoms with Gasteiger partial charge in [-0.15, -0.1) is 0 Å². The molecule has 0 radical (unpaired) electrons. The number of nitrogens with two attached hydrogens (primary N) is 1. The van der Waals surface area contributed by atoms with E-state index in [0.29, 0.717) is 0 Å². The third-order valence-corrected chi connectivity index (χ3v) is 4.22. The zero-order chi connectivity index (χ0) is 14.5. The van der Waals surface area contributed by atoms with Gasteiger partial charge in [-0.2, -0.15) is 11.8 Å². The average Bonchev–Trinajstić information content (AvgIpc) is 2.47. The van der Waals surface area contributed by atoms with Gasteiger partial charge in [0.05, 0.1) is 4.92 Å². The first-order valence-corrected chi connectivity index (χ1v) is 7.41. The Morgan fingerprint density at radius 2 is 2.10 bits per heavy atom. The molecule has 0 saturated carbocycles. The maximum absolute atomic E-state index is 12.1. The lowest BCUT2D eigenvalue weighted by Crippen LogP contribution is -2.37. The minimum Gasteiger partial charge on any atom is -0.349 e. The fourth-order valence-electron chi connectivity index (χ4n) is 2.06. The Morgan fingerprint density at radius 1 is 1.40 bits per heavy atom. The molecule has 4 N–H and O–H groups in total. The third kappa shape index (κ3) is 3.40. The molecule has 0 unspecified atom stereocenters. The lowest BCUT2D eigenvalue weighted by atomic mass is 10.1. The van der Waals surface area contributed by atoms with Crippen molar-refractivity contribution < 1.29 is 9.72 Å². The van der Waals surface area contributed by atoms with Crippen LogP contribution in [-0.4, -0.2) is 28.4 Å². The molecule has 0 aliphatic carbocycles. The molecule has 2 rings (SSSR count). The molecule has 0 spiro atoms. The number of nitrogens with one attached hydrogen (secondary N) is 2. The number of carbonyl (C=O) groups excluding carboxylic acids is 1. The number of carbonyl (C=O) groups is 1. The number of hydrogen-bond acceptors (Lipinski definition) is 6. The first-order valence-electron chi connectivity index (χ1n) is 6.25. The van der Waals surface area contributed by atoms with E-state index in [4.69, 9.17) is 5.84 Å². The highest BCUT2D eigenvalue weighted by atomic mass is 32.2. The SMILES string of the molecule is NNc1ccc(C(=O)NC2CCSCC2)cc1[N+](=O)[O-]. The molecular weight excluding hydrogens is 280 g/mol. The van der Waals surface area contributed by atoms with E-state index in [1.54, 1.807) is 0 Å². The molecule has 0 bridgehead atoms. The summed E-state index contributed by atoms with van der Waals surface area (Å²) in [5, 5.41) is 13.8. The molecule has 0 aromatic heterocycles. The van der Waals surface area contributed by atoms with Crippen molar-refractivity contribution in [1.29, 1.82) is 0 Å². The molecule has 108 valence electrons. The smallest absolute Gasteiger partial charge is 0.294 e. The summed E-state index contributed by atoms with van der Waals surface area (Å²) in [4.78, 5) is 22.4. The average molecular weight is 296 g/mol. The van der Waals surface area contributed by atoms with Gasteiger partial charge in [0.2, 0.25) is 0 Å². The molecule has 1 aliphatic rings. The van der Waals surface area contributed by atoms with Crippen LogP contribution in [-0.2, 0) is 0 Å². The van der Waals surface area contributed by atoms with Crippen molar-refractivity contribution >= 4 is 29.0 Å². The Labute approximate surface area is 120 Å². The lowest BCUT2D eigenvalue weighted by molar-refractivity contribution is -0.384. The Hall–Kier alpha value is -1.80. The van der Waals surface area contributed by atoms with E-state index >= 15 is 0 Å². The summed E-state index contributed by atoms with van der Waals surface area (Å²) < 4.78 is 0. The van der Waals surface area contributed by atoms with E-state index in [1.165, 1.54) is 18.2 Å². The highest BCUT2D eigenvalue weighted by Gasteiger charge is 2.20. The first kappa shape index (κ1) is 14.6. The van der Waals surface area contributed by atoms with Crippen LogP contribution in [0.2, 0.25) is 0 Å². The van der Waals surface area contributed by atoms with E-state index in [9.17, 15) is 14.9 Å². The van der Waals surface area contributed by atoms with Crippen LogP contribution in [0.15, 0.2) is 18.2 Å². The minimum absolute atomic E-state index is 0.148. The Bertz CT molecular complexity index is 517. The maximum Gasteiger partial charge on any atom is 0.294 e. The van der Waals surface area contributed by atoms with Crippen molar-refractivity contribution in [3.8, 4) is 0 Å².